The number of fused-ring (bicyclic) bond motifs is 1. The van der Waals surface area contributed by atoms with Crippen LogP contribution in [0.25, 0.3) is 22.7 Å². The van der Waals surface area contributed by atoms with Crippen molar-refractivity contribution in [1.82, 2.24) is 19.2 Å². The van der Waals surface area contributed by atoms with Crippen molar-refractivity contribution < 1.29 is 21.6 Å². The van der Waals surface area contributed by atoms with Crippen LogP contribution in [-0.4, -0.2) is 33.3 Å². The summed E-state index contributed by atoms with van der Waals surface area (Å²) in [6.45, 7) is 1.41. The maximum Gasteiger partial charge on any atom is 0.416 e. The fourth-order valence-electron chi connectivity index (χ4n) is 3.14. The second-order valence-corrected chi connectivity index (χ2v) is 10.0. The molecule has 0 aliphatic rings. The Bertz CT molecular complexity index is 1540. The Hall–Kier alpha value is -2.89. The van der Waals surface area contributed by atoms with Gasteiger partial charge in [0.2, 0.25) is 0 Å². The van der Waals surface area contributed by atoms with Crippen LogP contribution in [0.3, 0.4) is 0 Å². The Morgan fingerprint density at radius 1 is 1.03 bits per heavy atom. The lowest BCUT2D eigenvalue weighted by Crippen LogP contribution is -2.23. The predicted octanol–water partition coefficient (Wildman–Crippen LogP) is 4.67. The van der Waals surface area contributed by atoms with Crippen molar-refractivity contribution in [2.24, 2.45) is 0 Å². The third-order valence-electron chi connectivity index (χ3n) is 4.77. The molecule has 0 N–H and O–H groups in total. The van der Waals surface area contributed by atoms with Gasteiger partial charge in [0.15, 0.2) is 21.3 Å². The molecule has 0 amide bonds. The summed E-state index contributed by atoms with van der Waals surface area (Å²) in [7, 11) is -3.88. The van der Waals surface area contributed by atoms with Gasteiger partial charge in [0.05, 0.1) is 17.0 Å². The normalized spacial score (nSPS) is 12.4. The first-order valence-electron chi connectivity index (χ1n) is 9.30. The summed E-state index contributed by atoms with van der Waals surface area (Å²) in [5.41, 5.74) is -1.56. The molecule has 0 fully saturated rings. The van der Waals surface area contributed by atoms with Gasteiger partial charge in [-0.3, -0.25) is 0 Å². The molecule has 3 aromatic heterocycles. The lowest BCUT2D eigenvalue weighted by Gasteiger charge is -2.10. The van der Waals surface area contributed by atoms with Crippen LogP contribution in [0.15, 0.2) is 58.4 Å². The van der Waals surface area contributed by atoms with E-state index < -0.39 is 27.3 Å². The molecular formula is C20H13Cl2F3N4O3S. The van der Waals surface area contributed by atoms with Crippen LogP contribution in [0.5, 0.6) is 0 Å². The van der Waals surface area contributed by atoms with E-state index in [-0.39, 0.29) is 27.8 Å². The highest BCUT2D eigenvalue weighted by atomic mass is 35.5. The van der Waals surface area contributed by atoms with Gasteiger partial charge in [-0.15, -0.1) is 5.10 Å². The second kappa shape index (κ2) is 8.15. The van der Waals surface area contributed by atoms with Crippen molar-refractivity contribution in [1.29, 1.82) is 0 Å². The van der Waals surface area contributed by atoms with Crippen molar-refractivity contribution in [2.45, 2.75) is 18.0 Å². The highest BCUT2D eigenvalue weighted by Gasteiger charge is 2.31. The maximum absolute atomic E-state index is 13.1. The molecule has 172 valence electrons. The van der Waals surface area contributed by atoms with Crippen LogP contribution in [0.1, 0.15) is 12.5 Å². The number of alkyl halides is 3. The van der Waals surface area contributed by atoms with E-state index in [2.05, 4.69) is 10.1 Å². The van der Waals surface area contributed by atoms with Crippen molar-refractivity contribution in [3.05, 3.63) is 74.8 Å². The third-order valence-corrected chi connectivity index (χ3v) is 6.95. The second-order valence-electron chi connectivity index (χ2n) is 6.92. The van der Waals surface area contributed by atoms with E-state index in [1.165, 1.54) is 37.3 Å². The molecule has 3 heterocycles. The van der Waals surface area contributed by atoms with Crippen LogP contribution in [0.2, 0.25) is 10.0 Å². The molecule has 7 nitrogen and oxygen atoms in total. The van der Waals surface area contributed by atoms with Gasteiger partial charge >= 0.3 is 11.9 Å². The fourth-order valence-corrected chi connectivity index (χ4v) is 4.66. The Kier molecular flexibility index (Phi) is 5.75. The number of hydrogen-bond donors (Lipinski definition) is 0. The number of nitrogens with zero attached hydrogens (tertiary/aromatic N) is 4. The zero-order valence-electron chi connectivity index (χ0n) is 16.6. The Morgan fingerprint density at radius 2 is 1.70 bits per heavy atom. The number of pyridine rings is 2. The first-order chi connectivity index (χ1) is 15.4. The van der Waals surface area contributed by atoms with E-state index in [0.29, 0.717) is 26.4 Å². The van der Waals surface area contributed by atoms with Gasteiger partial charge < -0.3 is 0 Å². The van der Waals surface area contributed by atoms with Crippen molar-refractivity contribution in [2.75, 3.05) is 5.75 Å². The molecule has 0 saturated heterocycles. The highest BCUT2D eigenvalue weighted by Crippen LogP contribution is 2.30. The molecule has 0 saturated carbocycles. The molecule has 0 atom stereocenters. The molecule has 0 unspecified atom stereocenters. The van der Waals surface area contributed by atoms with Gasteiger partial charge in [-0.1, -0.05) is 30.1 Å². The largest absolute Gasteiger partial charge is 0.416 e. The van der Waals surface area contributed by atoms with Gasteiger partial charge in [-0.25, -0.2) is 22.6 Å². The monoisotopic (exact) mass is 516 g/mol. The van der Waals surface area contributed by atoms with Gasteiger partial charge in [0.1, 0.15) is 4.90 Å². The molecule has 1 aromatic carbocycles. The number of aromatic nitrogens is 4. The topological polar surface area (TPSA) is 86.3 Å². The summed E-state index contributed by atoms with van der Waals surface area (Å²) >= 11 is 12.1. The molecule has 0 bridgehead atoms. The molecule has 13 heteroatoms. The third kappa shape index (κ3) is 4.35. The summed E-state index contributed by atoms with van der Waals surface area (Å²) < 4.78 is 66.1. The van der Waals surface area contributed by atoms with E-state index >= 15 is 0 Å². The molecule has 33 heavy (non-hydrogen) atoms. The summed E-state index contributed by atoms with van der Waals surface area (Å²) in [5.74, 6) is -0.655. The molecule has 0 aliphatic carbocycles. The predicted molar refractivity (Wildman–Crippen MR) is 117 cm³/mol. The van der Waals surface area contributed by atoms with Gasteiger partial charge in [0.25, 0.3) is 0 Å². The van der Waals surface area contributed by atoms with Crippen LogP contribution in [0.4, 0.5) is 13.2 Å². The number of sulfone groups is 1. The summed E-state index contributed by atoms with van der Waals surface area (Å²) in [4.78, 5) is 16.9. The van der Waals surface area contributed by atoms with Gasteiger partial charge in [-0.2, -0.15) is 17.9 Å². The standard InChI is InChI=1S/C20H13Cl2F3N4O3S/c1-2-33(31,32)16-4-3-15(11-7-13(21)10-14(22)8-11)26-18(16)29-19(30)28-6-5-12(20(23,24)25)9-17(28)27-29/h3-10H,2H2,1H3. The molecule has 0 radical (unpaired) electrons. The summed E-state index contributed by atoms with van der Waals surface area (Å²) in [6, 6.07) is 8.65. The minimum absolute atomic E-state index is 0.226. The summed E-state index contributed by atoms with van der Waals surface area (Å²) in [6.07, 6.45) is -3.74. The molecule has 4 aromatic rings. The fraction of sp³-hybridized carbons (Fsp3) is 0.150. The number of hydrogen-bond acceptors (Lipinski definition) is 5. The first-order valence-corrected chi connectivity index (χ1v) is 11.7. The Morgan fingerprint density at radius 3 is 2.30 bits per heavy atom. The van der Waals surface area contributed by atoms with Crippen molar-refractivity contribution in [3.8, 4) is 17.1 Å². The quantitative estimate of drug-likeness (QED) is 0.393. The zero-order valence-corrected chi connectivity index (χ0v) is 19.0. The van der Waals surface area contributed by atoms with Crippen LogP contribution >= 0.6 is 23.2 Å². The van der Waals surface area contributed by atoms with E-state index in [1.54, 1.807) is 0 Å². The van der Waals surface area contributed by atoms with Gasteiger partial charge in [0, 0.05) is 21.8 Å². The SMILES string of the molecule is CCS(=O)(=O)c1ccc(-c2cc(Cl)cc(Cl)c2)nc1-n1nc2cc(C(F)(F)F)ccn2c1=O. The minimum Gasteiger partial charge on any atom is -0.250 e. The molecule has 0 aliphatic heterocycles. The van der Waals surface area contributed by atoms with Crippen molar-refractivity contribution in [3.63, 3.8) is 0 Å². The van der Waals surface area contributed by atoms with E-state index in [1.807, 2.05) is 0 Å². The van der Waals surface area contributed by atoms with Crippen LogP contribution in [-0.2, 0) is 16.0 Å². The zero-order chi connectivity index (χ0) is 24.1. The van der Waals surface area contributed by atoms with E-state index in [4.69, 9.17) is 23.2 Å². The number of benzene rings is 1. The number of halogens is 5. The van der Waals surface area contributed by atoms with Crippen molar-refractivity contribution >= 4 is 38.7 Å². The molecular weight excluding hydrogens is 504 g/mol. The average Bonchev–Trinajstić information content (AvgIpc) is 3.08. The summed E-state index contributed by atoms with van der Waals surface area (Å²) in [5, 5.41) is 4.53. The van der Waals surface area contributed by atoms with Crippen LogP contribution < -0.4 is 5.69 Å². The number of rotatable bonds is 4. The molecule has 4 rings (SSSR count). The lowest BCUT2D eigenvalue weighted by atomic mass is 10.1. The van der Waals surface area contributed by atoms with Crippen LogP contribution in [0, 0.1) is 0 Å². The van der Waals surface area contributed by atoms with E-state index in [0.717, 1.165) is 16.7 Å². The Balaban J connectivity index is 2.01. The van der Waals surface area contributed by atoms with E-state index in [9.17, 15) is 26.4 Å². The smallest absolute Gasteiger partial charge is 0.250 e. The first kappa shape index (κ1) is 23.3. The Labute approximate surface area is 194 Å². The average molecular weight is 517 g/mol. The minimum atomic E-state index is -4.65. The maximum atomic E-state index is 13.1. The highest BCUT2D eigenvalue weighted by molar-refractivity contribution is 7.91. The lowest BCUT2D eigenvalue weighted by molar-refractivity contribution is -0.137. The van der Waals surface area contributed by atoms with Gasteiger partial charge in [-0.05, 0) is 42.5 Å². The molecule has 0 spiro atoms.